The number of rotatable bonds is 5. The molecule has 104 valence electrons. The van der Waals surface area contributed by atoms with Crippen molar-refractivity contribution in [2.24, 2.45) is 5.73 Å². The van der Waals surface area contributed by atoms with Gasteiger partial charge in [0.2, 0.25) is 5.91 Å². The van der Waals surface area contributed by atoms with Crippen LogP contribution in [0.15, 0.2) is 24.3 Å². The van der Waals surface area contributed by atoms with E-state index in [-0.39, 0.29) is 12.1 Å². The zero-order valence-electron chi connectivity index (χ0n) is 11.2. The van der Waals surface area contributed by atoms with Crippen LogP contribution in [0.1, 0.15) is 48.0 Å². The van der Waals surface area contributed by atoms with Gasteiger partial charge in [0.05, 0.1) is 6.61 Å². The fraction of sp³-hybridized carbons (Fsp3) is 0.533. The van der Waals surface area contributed by atoms with Gasteiger partial charge in [-0.15, -0.1) is 0 Å². The number of benzene rings is 1. The van der Waals surface area contributed by atoms with Crippen LogP contribution in [0, 0.1) is 0 Å². The molecule has 4 N–H and O–H groups in total. The van der Waals surface area contributed by atoms with Gasteiger partial charge in [-0.1, -0.05) is 37.5 Å². The minimum atomic E-state index is -0.404. The molecular formula is C15H22N2O2. The topological polar surface area (TPSA) is 75.4 Å². The van der Waals surface area contributed by atoms with Crippen LogP contribution in [0.4, 0.5) is 0 Å². The Morgan fingerprint density at radius 1 is 1.26 bits per heavy atom. The Balaban J connectivity index is 2.07. The maximum absolute atomic E-state index is 11.4. The lowest BCUT2D eigenvalue weighted by molar-refractivity contribution is 0.0997. The number of aliphatic hydroxyl groups is 1. The van der Waals surface area contributed by atoms with Gasteiger partial charge in [0.25, 0.3) is 0 Å². The second-order valence-corrected chi connectivity index (χ2v) is 5.37. The van der Waals surface area contributed by atoms with Gasteiger partial charge in [-0.05, 0) is 24.5 Å². The standard InChI is InChI=1S/C15H22N2O2/c16-14(19)13-7-3-2-6-12(13)10-17-15(11-18)8-4-1-5-9-15/h2-3,6-7,17-18H,1,4-5,8-11H2,(H2,16,19). The molecule has 1 aliphatic carbocycles. The van der Waals surface area contributed by atoms with Crippen LogP contribution in [0.3, 0.4) is 0 Å². The van der Waals surface area contributed by atoms with Crippen molar-refractivity contribution in [2.75, 3.05) is 6.61 Å². The van der Waals surface area contributed by atoms with E-state index in [0.29, 0.717) is 12.1 Å². The highest BCUT2D eigenvalue weighted by Crippen LogP contribution is 2.28. The Hall–Kier alpha value is -1.39. The number of nitrogens with two attached hydrogens (primary N) is 1. The number of carbonyl (C=O) groups is 1. The summed E-state index contributed by atoms with van der Waals surface area (Å²) in [6, 6.07) is 7.36. The molecule has 0 atom stereocenters. The van der Waals surface area contributed by atoms with Crippen LogP contribution >= 0.6 is 0 Å². The fourth-order valence-electron chi connectivity index (χ4n) is 2.82. The largest absolute Gasteiger partial charge is 0.394 e. The quantitative estimate of drug-likeness (QED) is 0.754. The summed E-state index contributed by atoms with van der Waals surface area (Å²) in [4.78, 5) is 11.4. The lowest BCUT2D eigenvalue weighted by Crippen LogP contribution is -2.49. The molecule has 1 saturated carbocycles. The molecule has 4 heteroatoms. The first kappa shape index (κ1) is 14.0. The van der Waals surface area contributed by atoms with Crippen LogP contribution in [0.5, 0.6) is 0 Å². The third-order valence-corrected chi connectivity index (χ3v) is 4.05. The number of carbonyl (C=O) groups excluding carboxylic acids is 1. The molecular weight excluding hydrogens is 240 g/mol. The summed E-state index contributed by atoms with van der Waals surface area (Å²) in [7, 11) is 0. The Morgan fingerprint density at radius 3 is 2.58 bits per heavy atom. The van der Waals surface area contributed by atoms with Crippen LogP contribution in [-0.4, -0.2) is 23.2 Å². The average Bonchev–Trinajstić information content (AvgIpc) is 2.46. The molecule has 4 nitrogen and oxygen atoms in total. The van der Waals surface area contributed by atoms with Crippen molar-refractivity contribution in [3.63, 3.8) is 0 Å². The molecule has 1 amide bonds. The summed E-state index contributed by atoms with van der Waals surface area (Å²) >= 11 is 0. The highest BCUT2D eigenvalue weighted by atomic mass is 16.3. The van der Waals surface area contributed by atoms with Gasteiger partial charge in [0.1, 0.15) is 0 Å². The van der Waals surface area contributed by atoms with E-state index < -0.39 is 5.91 Å². The molecule has 1 fully saturated rings. The van der Waals surface area contributed by atoms with E-state index in [2.05, 4.69) is 5.32 Å². The van der Waals surface area contributed by atoms with Crippen molar-refractivity contribution < 1.29 is 9.90 Å². The van der Waals surface area contributed by atoms with Gasteiger partial charge in [0, 0.05) is 17.6 Å². The fourth-order valence-corrected chi connectivity index (χ4v) is 2.82. The zero-order valence-corrected chi connectivity index (χ0v) is 11.2. The predicted molar refractivity (Wildman–Crippen MR) is 74.7 cm³/mol. The smallest absolute Gasteiger partial charge is 0.249 e. The van der Waals surface area contributed by atoms with Crippen molar-refractivity contribution in [2.45, 2.75) is 44.2 Å². The van der Waals surface area contributed by atoms with E-state index in [1.54, 1.807) is 6.07 Å². The van der Waals surface area contributed by atoms with E-state index in [0.717, 1.165) is 31.2 Å². The molecule has 1 aromatic carbocycles. The van der Waals surface area contributed by atoms with E-state index in [1.807, 2.05) is 18.2 Å². The maximum Gasteiger partial charge on any atom is 0.249 e. The van der Waals surface area contributed by atoms with Gasteiger partial charge in [-0.25, -0.2) is 0 Å². The molecule has 0 radical (unpaired) electrons. The lowest BCUT2D eigenvalue weighted by Gasteiger charge is -2.37. The summed E-state index contributed by atoms with van der Waals surface area (Å²) in [6.45, 7) is 0.714. The summed E-state index contributed by atoms with van der Waals surface area (Å²) in [5, 5.41) is 13.1. The molecule has 1 aromatic rings. The summed E-state index contributed by atoms with van der Waals surface area (Å²) in [6.07, 6.45) is 5.50. The van der Waals surface area contributed by atoms with Crippen LogP contribution < -0.4 is 11.1 Å². The Labute approximate surface area is 114 Å². The van der Waals surface area contributed by atoms with Crippen molar-refractivity contribution in [1.29, 1.82) is 0 Å². The predicted octanol–water partition coefficient (Wildman–Crippen LogP) is 1.57. The first-order valence-electron chi connectivity index (χ1n) is 6.90. The van der Waals surface area contributed by atoms with Crippen LogP contribution in [-0.2, 0) is 6.54 Å². The molecule has 0 saturated heterocycles. The van der Waals surface area contributed by atoms with E-state index in [4.69, 9.17) is 5.73 Å². The first-order chi connectivity index (χ1) is 9.17. The average molecular weight is 262 g/mol. The minimum Gasteiger partial charge on any atom is -0.394 e. The molecule has 0 unspecified atom stereocenters. The number of nitrogens with one attached hydrogen (secondary N) is 1. The summed E-state index contributed by atoms with van der Waals surface area (Å²) in [5.74, 6) is -0.404. The zero-order chi connectivity index (χ0) is 13.7. The number of hydrogen-bond donors (Lipinski definition) is 3. The van der Waals surface area contributed by atoms with E-state index >= 15 is 0 Å². The third kappa shape index (κ3) is 3.33. The van der Waals surface area contributed by atoms with Crippen LogP contribution in [0.25, 0.3) is 0 Å². The Kier molecular flexibility index (Phi) is 4.56. The number of aliphatic hydroxyl groups excluding tert-OH is 1. The van der Waals surface area contributed by atoms with Crippen molar-refractivity contribution in [1.82, 2.24) is 5.32 Å². The lowest BCUT2D eigenvalue weighted by atomic mass is 9.82. The van der Waals surface area contributed by atoms with Gasteiger partial charge in [-0.2, -0.15) is 0 Å². The number of hydrogen-bond acceptors (Lipinski definition) is 3. The Morgan fingerprint density at radius 2 is 1.95 bits per heavy atom. The summed E-state index contributed by atoms with van der Waals surface area (Å²) < 4.78 is 0. The van der Waals surface area contributed by atoms with Gasteiger partial charge >= 0.3 is 0 Å². The minimum absolute atomic E-state index is 0.145. The monoisotopic (exact) mass is 262 g/mol. The third-order valence-electron chi connectivity index (χ3n) is 4.05. The van der Waals surface area contributed by atoms with Crippen molar-refractivity contribution in [3.8, 4) is 0 Å². The second kappa shape index (κ2) is 6.17. The van der Waals surface area contributed by atoms with Crippen molar-refractivity contribution in [3.05, 3.63) is 35.4 Å². The number of amides is 1. The second-order valence-electron chi connectivity index (χ2n) is 5.37. The van der Waals surface area contributed by atoms with E-state index in [9.17, 15) is 9.90 Å². The summed E-state index contributed by atoms with van der Waals surface area (Å²) in [5.41, 5.74) is 6.63. The molecule has 2 rings (SSSR count). The highest BCUT2D eigenvalue weighted by molar-refractivity contribution is 5.94. The highest BCUT2D eigenvalue weighted by Gasteiger charge is 2.30. The number of primary amides is 1. The van der Waals surface area contributed by atoms with Crippen LogP contribution in [0.2, 0.25) is 0 Å². The molecule has 0 bridgehead atoms. The van der Waals surface area contributed by atoms with Gasteiger partial charge in [0.15, 0.2) is 0 Å². The Bertz CT molecular complexity index is 440. The molecule has 19 heavy (non-hydrogen) atoms. The molecule has 0 aromatic heterocycles. The van der Waals surface area contributed by atoms with Gasteiger partial charge in [-0.3, -0.25) is 4.79 Å². The molecule has 0 spiro atoms. The van der Waals surface area contributed by atoms with E-state index in [1.165, 1.54) is 6.42 Å². The maximum atomic E-state index is 11.4. The normalized spacial score (nSPS) is 18.2. The van der Waals surface area contributed by atoms with Crippen molar-refractivity contribution >= 4 is 5.91 Å². The SMILES string of the molecule is NC(=O)c1ccccc1CNC1(CO)CCCCC1. The molecule has 0 heterocycles. The molecule has 1 aliphatic rings. The molecule has 0 aliphatic heterocycles. The first-order valence-corrected chi connectivity index (χ1v) is 6.90. The van der Waals surface area contributed by atoms with Gasteiger partial charge < -0.3 is 16.2 Å².